The van der Waals surface area contributed by atoms with Crippen LogP contribution in [0.15, 0.2) is 6.20 Å². The van der Waals surface area contributed by atoms with Crippen LogP contribution in [0.1, 0.15) is 38.3 Å². The van der Waals surface area contributed by atoms with Crippen LogP contribution in [-0.4, -0.2) is 36.6 Å². The van der Waals surface area contributed by atoms with Gasteiger partial charge in [0, 0.05) is 13.0 Å². The topological polar surface area (TPSA) is 39.1 Å². The minimum Gasteiger partial charge on any atom is -0.383 e. The normalized spacial score (nSPS) is 12.9. The minimum absolute atomic E-state index is 0.404. The minimum atomic E-state index is 0.404. The number of nitrogens with one attached hydrogen (secondary N) is 1. The van der Waals surface area contributed by atoms with Gasteiger partial charge < -0.3 is 10.1 Å². The van der Waals surface area contributed by atoms with Crippen molar-refractivity contribution < 1.29 is 4.74 Å². The van der Waals surface area contributed by atoms with Crippen LogP contribution in [0.4, 0.5) is 0 Å². The van der Waals surface area contributed by atoms with Crippen molar-refractivity contribution in [2.24, 2.45) is 0 Å². The molecule has 4 nitrogen and oxygen atoms in total. The van der Waals surface area contributed by atoms with Gasteiger partial charge in [0.15, 0.2) is 0 Å². The third-order valence-electron chi connectivity index (χ3n) is 2.99. The molecule has 0 aliphatic rings. The van der Waals surface area contributed by atoms with Gasteiger partial charge in [0.25, 0.3) is 0 Å². The predicted octanol–water partition coefficient (Wildman–Crippen LogP) is 2.68. The lowest BCUT2D eigenvalue weighted by molar-refractivity contribution is 0.182. The van der Waals surface area contributed by atoms with Crippen LogP contribution in [0, 0.1) is 0 Å². The SMILES string of the molecule is CCCNCCC(C)c1c(Cl)cnn1CCOC. The smallest absolute Gasteiger partial charge is 0.0820 e. The van der Waals surface area contributed by atoms with Crippen LogP contribution < -0.4 is 5.32 Å². The van der Waals surface area contributed by atoms with E-state index in [-0.39, 0.29) is 0 Å². The van der Waals surface area contributed by atoms with Crippen LogP contribution in [0.5, 0.6) is 0 Å². The monoisotopic (exact) mass is 273 g/mol. The molecule has 5 heteroatoms. The molecular formula is C13H24ClN3O. The van der Waals surface area contributed by atoms with Gasteiger partial charge in [0.2, 0.25) is 0 Å². The molecule has 0 saturated heterocycles. The number of nitrogens with zero attached hydrogens (tertiary/aromatic N) is 2. The van der Waals surface area contributed by atoms with Crippen molar-refractivity contribution in [2.75, 3.05) is 26.8 Å². The Hall–Kier alpha value is -0.580. The van der Waals surface area contributed by atoms with Crippen molar-refractivity contribution in [1.82, 2.24) is 15.1 Å². The molecule has 0 saturated carbocycles. The highest BCUT2D eigenvalue weighted by atomic mass is 35.5. The number of hydrogen-bond acceptors (Lipinski definition) is 3. The second-order valence-corrected chi connectivity index (χ2v) is 4.94. The molecule has 0 bridgehead atoms. The van der Waals surface area contributed by atoms with Crippen molar-refractivity contribution in [3.8, 4) is 0 Å². The van der Waals surface area contributed by atoms with E-state index in [0.29, 0.717) is 12.5 Å². The van der Waals surface area contributed by atoms with E-state index in [1.165, 1.54) is 6.42 Å². The van der Waals surface area contributed by atoms with Crippen molar-refractivity contribution in [1.29, 1.82) is 0 Å². The van der Waals surface area contributed by atoms with Gasteiger partial charge in [-0.15, -0.1) is 0 Å². The number of methoxy groups -OCH3 is 1. The molecule has 1 unspecified atom stereocenters. The van der Waals surface area contributed by atoms with Crippen LogP contribution >= 0.6 is 11.6 Å². The average molecular weight is 274 g/mol. The fourth-order valence-corrected chi connectivity index (χ4v) is 2.30. The molecule has 0 amide bonds. The van der Waals surface area contributed by atoms with E-state index in [1.54, 1.807) is 13.3 Å². The summed E-state index contributed by atoms with van der Waals surface area (Å²) in [5.74, 6) is 0.404. The zero-order chi connectivity index (χ0) is 13.4. The van der Waals surface area contributed by atoms with Gasteiger partial charge >= 0.3 is 0 Å². The molecule has 0 radical (unpaired) electrons. The number of ether oxygens (including phenoxy) is 1. The van der Waals surface area contributed by atoms with Gasteiger partial charge in [-0.25, -0.2) is 0 Å². The molecule has 1 atom stereocenters. The Kier molecular flexibility index (Phi) is 7.32. The van der Waals surface area contributed by atoms with E-state index >= 15 is 0 Å². The first-order valence-electron chi connectivity index (χ1n) is 6.61. The molecule has 1 N–H and O–H groups in total. The van der Waals surface area contributed by atoms with Crippen LogP contribution in [0.2, 0.25) is 5.02 Å². The largest absolute Gasteiger partial charge is 0.383 e. The quantitative estimate of drug-likeness (QED) is 0.703. The number of hydrogen-bond donors (Lipinski definition) is 1. The van der Waals surface area contributed by atoms with Gasteiger partial charge in [-0.05, 0) is 25.9 Å². The first kappa shape index (κ1) is 15.5. The van der Waals surface area contributed by atoms with Gasteiger partial charge in [-0.3, -0.25) is 4.68 Å². The number of aromatic nitrogens is 2. The summed E-state index contributed by atoms with van der Waals surface area (Å²) in [5, 5.41) is 8.47. The third kappa shape index (κ3) is 4.59. The van der Waals surface area contributed by atoms with E-state index in [4.69, 9.17) is 16.3 Å². The van der Waals surface area contributed by atoms with Crippen molar-refractivity contribution in [3.63, 3.8) is 0 Å². The molecule has 1 rings (SSSR count). The van der Waals surface area contributed by atoms with Gasteiger partial charge in [0.05, 0.1) is 30.1 Å². The molecule has 0 aliphatic heterocycles. The first-order valence-corrected chi connectivity index (χ1v) is 6.99. The Balaban J connectivity index is 2.54. The third-order valence-corrected chi connectivity index (χ3v) is 3.28. The summed E-state index contributed by atoms with van der Waals surface area (Å²) in [6.45, 7) is 7.87. The van der Waals surface area contributed by atoms with E-state index in [9.17, 15) is 0 Å². The summed E-state index contributed by atoms with van der Waals surface area (Å²) in [4.78, 5) is 0. The lowest BCUT2D eigenvalue weighted by atomic mass is 10.0. The zero-order valence-electron chi connectivity index (χ0n) is 11.6. The molecule has 1 heterocycles. The summed E-state index contributed by atoms with van der Waals surface area (Å²) in [6.07, 6.45) is 3.96. The second kappa shape index (κ2) is 8.51. The van der Waals surface area contributed by atoms with Crippen molar-refractivity contribution in [2.45, 2.75) is 39.2 Å². The molecular weight excluding hydrogens is 250 g/mol. The molecule has 0 aromatic carbocycles. The first-order chi connectivity index (χ1) is 8.70. The highest BCUT2D eigenvalue weighted by Gasteiger charge is 2.15. The maximum absolute atomic E-state index is 6.21. The van der Waals surface area contributed by atoms with Crippen LogP contribution in [0.3, 0.4) is 0 Å². The molecule has 1 aromatic heterocycles. The standard InChI is InChI=1S/C13H24ClN3O/c1-4-6-15-7-5-11(2)13-12(14)10-16-17(13)8-9-18-3/h10-11,15H,4-9H2,1-3H3. The Morgan fingerprint density at radius 2 is 2.28 bits per heavy atom. The number of rotatable bonds is 9. The summed E-state index contributed by atoms with van der Waals surface area (Å²) in [6, 6.07) is 0. The Labute approximate surface area is 115 Å². The Bertz CT molecular complexity index is 341. The van der Waals surface area contributed by atoms with Crippen LogP contribution in [0.25, 0.3) is 0 Å². The average Bonchev–Trinajstić information content (AvgIpc) is 2.73. The van der Waals surface area contributed by atoms with E-state index < -0.39 is 0 Å². The maximum atomic E-state index is 6.21. The van der Waals surface area contributed by atoms with Crippen molar-refractivity contribution in [3.05, 3.63) is 16.9 Å². The maximum Gasteiger partial charge on any atom is 0.0820 e. The zero-order valence-corrected chi connectivity index (χ0v) is 12.3. The second-order valence-electron chi connectivity index (χ2n) is 4.53. The summed E-state index contributed by atoms with van der Waals surface area (Å²) >= 11 is 6.21. The van der Waals surface area contributed by atoms with Gasteiger partial charge in [-0.1, -0.05) is 25.4 Å². The van der Waals surface area contributed by atoms with Crippen molar-refractivity contribution >= 4 is 11.6 Å². The molecule has 18 heavy (non-hydrogen) atoms. The lowest BCUT2D eigenvalue weighted by Crippen LogP contribution is -2.19. The van der Waals surface area contributed by atoms with Gasteiger partial charge in [0.1, 0.15) is 0 Å². The Morgan fingerprint density at radius 3 is 2.94 bits per heavy atom. The molecule has 104 valence electrons. The molecule has 0 spiro atoms. The fourth-order valence-electron chi connectivity index (χ4n) is 1.97. The molecule has 0 fully saturated rings. The van der Waals surface area contributed by atoms with Crippen LogP contribution in [-0.2, 0) is 11.3 Å². The summed E-state index contributed by atoms with van der Waals surface area (Å²) in [5.41, 5.74) is 1.12. The summed E-state index contributed by atoms with van der Waals surface area (Å²) < 4.78 is 7.04. The Morgan fingerprint density at radius 1 is 1.50 bits per heavy atom. The van der Waals surface area contributed by atoms with E-state index in [0.717, 1.165) is 36.8 Å². The molecule has 0 aliphatic carbocycles. The van der Waals surface area contributed by atoms with E-state index in [2.05, 4.69) is 24.3 Å². The highest BCUT2D eigenvalue weighted by molar-refractivity contribution is 6.31. The van der Waals surface area contributed by atoms with E-state index in [1.807, 2.05) is 4.68 Å². The van der Waals surface area contributed by atoms with Gasteiger partial charge in [-0.2, -0.15) is 5.10 Å². The summed E-state index contributed by atoms with van der Waals surface area (Å²) in [7, 11) is 1.70. The lowest BCUT2D eigenvalue weighted by Gasteiger charge is -2.15. The number of halogens is 1. The molecule has 1 aromatic rings. The highest BCUT2D eigenvalue weighted by Crippen LogP contribution is 2.26. The predicted molar refractivity (Wildman–Crippen MR) is 75.3 cm³/mol. The fraction of sp³-hybridized carbons (Fsp3) is 0.769.